The Hall–Kier alpha value is -2.47. The predicted molar refractivity (Wildman–Crippen MR) is 90.7 cm³/mol. The lowest BCUT2D eigenvalue weighted by Gasteiger charge is -2.31. The van der Waals surface area contributed by atoms with Crippen molar-refractivity contribution >= 4 is 23.4 Å². The summed E-state index contributed by atoms with van der Waals surface area (Å²) >= 11 is 0. The van der Waals surface area contributed by atoms with Gasteiger partial charge in [0.05, 0.1) is 5.69 Å². The number of amides is 3. The number of nitrogens with zero attached hydrogens (tertiary/aromatic N) is 2. The summed E-state index contributed by atoms with van der Waals surface area (Å²) < 4.78 is 0. The molecule has 1 aromatic carbocycles. The molecule has 0 aliphatic carbocycles. The Morgan fingerprint density at radius 2 is 1.67 bits per heavy atom. The van der Waals surface area contributed by atoms with E-state index in [0.717, 1.165) is 37.4 Å². The fourth-order valence-corrected chi connectivity index (χ4v) is 3.08. The molecule has 126 valence electrons. The SMILES string of the molecule is CCN1CCC(NC(=O)c2ccc(N3C(=O)C=CC3=O)cc2)CC1. The highest BCUT2D eigenvalue weighted by Gasteiger charge is 2.25. The molecule has 0 unspecified atom stereocenters. The summed E-state index contributed by atoms with van der Waals surface area (Å²) in [5.41, 5.74) is 1.01. The van der Waals surface area contributed by atoms with E-state index in [1.807, 2.05) is 0 Å². The van der Waals surface area contributed by atoms with Crippen LogP contribution in [0, 0.1) is 0 Å². The second-order valence-electron chi connectivity index (χ2n) is 6.07. The monoisotopic (exact) mass is 327 g/mol. The lowest BCUT2D eigenvalue weighted by Crippen LogP contribution is -2.44. The maximum Gasteiger partial charge on any atom is 0.258 e. The van der Waals surface area contributed by atoms with Crippen LogP contribution in [0.3, 0.4) is 0 Å². The first-order valence-electron chi connectivity index (χ1n) is 8.28. The number of hydrogen-bond donors (Lipinski definition) is 1. The molecule has 2 aliphatic rings. The first-order valence-corrected chi connectivity index (χ1v) is 8.28. The number of rotatable bonds is 4. The van der Waals surface area contributed by atoms with Crippen LogP contribution in [0.1, 0.15) is 30.1 Å². The number of hydrogen-bond acceptors (Lipinski definition) is 4. The smallest absolute Gasteiger partial charge is 0.258 e. The molecule has 6 nitrogen and oxygen atoms in total. The molecule has 0 bridgehead atoms. The fraction of sp³-hybridized carbons (Fsp3) is 0.389. The van der Waals surface area contributed by atoms with Crippen LogP contribution >= 0.6 is 0 Å². The van der Waals surface area contributed by atoms with Gasteiger partial charge in [0.2, 0.25) is 0 Å². The molecule has 0 radical (unpaired) electrons. The number of benzene rings is 1. The quantitative estimate of drug-likeness (QED) is 0.847. The van der Waals surface area contributed by atoms with Crippen molar-refractivity contribution in [1.82, 2.24) is 10.2 Å². The van der Waals surface area contributed by atoms with Crippen molar-refractivity contribution in [3.05, 3.63) is 42.0 Å². The Kier molecular flexibility index (Phi) is 4.76. The molecule has 0 atom stereocenters. The normalized spacial score (nSPS) is 19.1. The molecule has 0 aromatic heterocycles. The van der Waals surface area contributed by atoms with E-state index in [2.05, 4.69) is 17.1 Å². The highest BCUT2D eigenvalue weighted by molar-refractivity contribution is 6.28. The summed E-state index contributed by atoms with van der Waals surface area (Å²) in [7, 11) is 0. The zero-order valence-electron chi connectivity index (χ0n) is 13.7. The third-order valence-corrected chi connectivity index (χ3v) is 4.57. The molecule has 1 aromatic rings. The van der Waals surface area contributed by atoms with Crippen molar-refractivity contribution in [2.24, 2.45) is 0 Å². The van der Waals surface area contributed by atoms with E-state index in [4.69, 9.17) is 0 Å². The van der Waals surface area contributed by atoms with Crippen LogP contribution in [0.2, 0.25) is 0 Å². The van der Waals surface area contributed by atoms with Crippen LogP contribution in [0.5, 0.6) is 0 Å². The standard InChI is InChI=1S/C18H21N3O3/c1-2-20-11-9-14(10-12-20)19-18(24)13-3-5-15(6-4-13)21-16(22)7-8-17(21)23/h3-8,14H,2,9-12H2,1H3,(H,19,24). The third kappa shape index (κ3) is 3.38. The molecule has 0 saturated carbocycles. The van der Waals surface area contributed by atoms with Crippen molar-refractivity contribution in [2.45, 2.75) is 25.8 Å². The number of carbonyl (C=O) groups is 3. The Morgan fingerprint density at radius 3 is 2.21 bits per heavy atom. The number of imide groups is 1. The predicted octanol–water partition coefficient (Wildman–Crippen LogP) is 1.33. The molecule has 24 heavy (non-hydrogen) atoms. The topological polar surface area (TPSA) is 69.7 Å². The lowest BCUT2D eigenvalue weighted by atomic mass is 10.0. The van der Waals surface area contributed by atoms with Gasteiger partial charge < -0.3 is 10.2 Å². The summed E-state index contributed by atoms with van der Waals surface area (Å²) in [5, 5.41) is 3.06. The van der Waals surface area contributed by atoms with Gasteiger partial charge in [-0.3, -0.25) is 14.4 Å². The van der Waals surface area contributed by atoms with Crippen LogP contribution in [-0.4, -0.2) is 48.3 Å². The van der Waals surface area contributed by atoms with Crippen LogP contribution < -0.4 is 10.2 Å². The molecule has 6 heteroatoms. The van der Waals surface area contributed by atoms with Crippen molar-refractivity contribution in [3.8, 4) is 0 Å². The summed E-state index contributed by atoms with van der Waals surface area (Å²) in [6, 6.07) is 6.73. The minimum Gasteiger partial charge on any atom is -0.349 e. The Bertz CT molecular complexity index is 655. The Balaban J connectivity index is 1.60. The molecule has 0 spiro atoms. The first kappa shape index (κ1) is 16.4. The summed E-state index contributed by atoms with van der Waals surface area (Å²) in [4.78, 5) is 39.1. The van der Waals surface area contributed by atoms with Crippen LogP contribution in [0.25, 0.3) is 0 Å². The molecular weight excluding hydrogens is 306 g/mol. The van der Waals surface area contributed by atoms with Crippen molar-refractivity contribution in [1.29, 1.82) is 0 Å². The van der Waals surface area contributed by atoms with Gasteiger partial charge in [0.15, 0.2) is 0 Å². The van der Waals surface area contributed by atoms with E-state index < -0.39 is 0 Å². The van der Waals surface area contributed by atoms with Gasteiger partial charge in [0, 0.05) is 36.8 Å². The van der Waals surface area contributed by atoms with Crippen LogP contribution in [0.4, 0.5) is 5.69 Å². The Labute approximate surface area is 141 Å². The van der Waals surface area contributed by atoms with Crippen molar-refractivity contribution < 1.29 is 14.4 Å². The van der Waals surface area contributed by atoms with Crippen LogP contribution in [0.15, 0.2) is 36.4 Å². The molecule has 3 rings (SSSR count). The van der Waals surface area contributed by atoms with Gasteiger partial charge >= 0.3 is 0 Å². The first-order chi connectivity index (χ1) is 11.6. The third-order valence-electron chi connectivity index (χ3n) is 4.57. The van der Waals surface area contributed by atoms with Gasteiger partial charge in [0.25, 0.3) is 17.7 Å². The number of nitrogens with one attached hydrogen (secondary N) is 1. The number of likely N-dealkylation sites (tertiary alicyclic amines) is 1. The average Bonchev–Trinajstić information content (AvgIpc) is 2.94. The lowest BCUT2D eigenvalue weighted by molar-refractivity contribution is -0.119. The van der Waals surface area contributed by atoms with E-state index in [1.54, 1.807) is 24.3 Å². The summed E-state index contributed by atoms with van der Waals surface area (Å²) in [6.07, 6.45) is 4.40. The van der Waals surface area contributed by atoms with Gasteiger partial charge in [-0.25, -0.2) is 4.90 Å². The second kappa shape index (κ2) is 6.97. The van der Waals surface area contributed by atoms with Gasteiger partial charge in [-0.15, -0.1) is 0 Å². The maximum atomic E-state index is 12.3. The number of anilines is 1. The minimum atomic E-state index is -0.361. The van der Waals surface area contributed by atoms with Gasteiger partial charge in [-0.1, -0.05) is 6.92 Å². The molecule has 2 aliphatic heterocycles. The molecular formula is C18H21N3O3. The zero-order valence-corrected chi connectivity index (χ0v) is 13.7. The minimum absolute atomic E-state index is 0.117. The van der Waals surface area contributed by atoms with Gasteiger partial charge in [-0.2, -0.15) is 0 Å². The number of carbonyl (C=O) groups excluding carboxylic acids is 3. The molecule has 1 N–H and O–H groups in total. The molecule has 2 heterocycles. The fourth-order valence-electron chi connectivity index (χ4n) is 3.08. The molecule has 3 amide bonds. The van der Waals surface area contributed by atoms with E-state index in [9.17, 15) is 14.4 Å². The average molecular weight is 327 g/mol. The molecule has 1 fully saturated rings. The van der Waals surface area contributed by atoms with Crippen molar-refractivity contribution in [2.75, 3.05) is 24.5 Å². The van der Waals surface area contributed by atoms with Gasteiger partial charge in [-0.05, 0) is 43.7 Å². The largest absolute Gasteiger partial charge is 0.349 e. The van der Waals surface area contributed by atoms with E-state index >= 15 is 0 Å². The maximum absolute atomic E-state index is 12.3. The second-order valence-corrected chi connectivity index (χ2v) is 6.07. The summed E-state index contributed by atoms with van der Waals surface area (Å²) in [5.74, 6) is -0.839. The highest BCUT2D eigenvalue weighted by atomic mass is 16.2. The summed E-state index contributed by atoms with van der Waals surface area (Å²) in [6.45, 7) is 5.20. The van der Waals surface area contributed by atoms with Crippen molar-refractivity contribution in [3.63, 3.8) is 0 Å². The van der Waals surface area contributed by atoms with E-state index in [1.165, 1.54) is 12.2 Å². The van der Waals surface area contributed by atoms with E-state index in [0.29, 0.717) is 11.3 Å². The van der Waals surface area contributed by atoms with Crippen LogP contribution in [-0.2, 0) is 9.59 Å². The zero-order chi connectivity index (χ0) is 17.1. The molecule has 1 saturated heterocycles. The highest BCUT2D eigenvalue weighted by Crippen LogP contribution is 2.20. The van der Waals surface area contributed by atoms with Gasteiger partial charge in [0.1, 0.15) is 0 Å². The van der Waals surface area contributed by atoms with E-state index in [-0.39, 0.29) is 23.8 Å². The number of piperidine rings is 1. The Morgan fingerprint density at radius 1 is 1.08 bits per heavy atom.